The Morgan fingerprint density at radius 1 is 0.969 bits per heavy atom. The molecule has 1 heterocycles. The van der Waals surface area contributed by atoms with Gasteiger partial charge in [0.05, 0.1) is 17.6 Å². The Balaban J connectivity index is 1.49. The quantitative estimate of drug-likeness (QED) is 0.615. The van der Waals surface area contributed by atoms with Gasteiger partial charge in [0.15, 0.2) is 0 Å². The summed E-state index contributed by atoms with van der Waals surface area (Å²) in [7, 11) is 0. The van der Waals surface area contributed by atoms with Crippen molar-refractivity contribution in [3.8, 4) is 17.6 Å². The summed E-state index contributed by atoms with van der Waals surface area (Å²) in [5.74, 6) is 0.148. The minimum absolute atomic E-state index is 0.141. The number of hydrogen-bond donors (Lipinski definition) is 2. The van der Waals surface area contributed by atoms with Crippen molar-refractivity contribution in [2.24, 2.45) is 5.92 Å². The third-order valence-corrected chi connectivity index (χ3v) is 5.48. The Bertz CT molecular complexity index is 1160. The lowest BCUT2D eigenvalue weighted by Gasteiger charge is -2.18. The van der Waals surface area contributed by atoms with E-state index in [1.165, 1.54) is 4.90 Å². The van der Waals surface area contributed by atoms with Crippen molar-refractivity contribution in [3.05, 3.63) is 90.0 Å². The Kier molecular flexibility index (Phi) is 6.04. The SMILES string of the molecule is N#Cc1ccc(Oc2cccc(NC(=O)C3CN(C(=O)O)CC3c3ccccc3)c2)cc1. The van der Waals surface area contributed by atoms with Gasteiger partial charge in [-0.05, 0) is 42.0 Å². The van der Waals surface area contributed by atoms with Crippen LogP contribution in [0.5, 0.6) is 11.5 Å². The molecule has 1 aliphatic rings. The minimum atomic E-state index is -1.03. The van der Waals surface area contributed by atoms with E-state index in [1.807, 2.05) is 30.3 Å². The first kappa shape index (κ1) is 20.9. The van der Waals surface area contributed by atoms with Crippen molar-refractivity contribution >= 4 is 17.7 Å². The second-order valence-corrected chi connectivity index (χ2v) is 7.57. The molecule has 0 aromatic heterocycles. The van der Waals surface area contributed by atoms with Gasteiger partial charge in [0, 0.05) is 30.8 Å². The molecule has 2 unspecified atom stereocenters. The highest BCUT2D eigenvalue weighted by atomic mass is 16.5. The van der Waals surface area contributed by atoms with Crippen LogP contribution in [0.4, 0.5) is 10.5 Å². The Morgan fingerprint density at radius 2 is 1.72 bits per heavy atom. The second kappa shape index (κ2) is 9.23. The number of likely N-dealkylation sites (tertiary alicyclic amines) is 1. The summed E-state index contributed by atoms with van der Waals surface area (Å²) < 4.78 is 5.82. The molecule has 0 spiro atoms. The zero-order chi connectivity index (χ0) is 22.5. The third kappa shape index (κ3) is 4.71. The average Bonchev–Trinajstić information content (AvgIpc) is 3.27. The van der Waals surface area contributed by atoms with Gasteiger partial charge in [0.2, 0.25) is 5.91 Å². The molecule has 0 radical (unpaired) electrons. The summed E-state index contributed by atoms with van der Waals surface area (Å²) in [6.07, 6.45) is -1.03. The van der Waals surface area contributed by atoms with E-state index in [-0.39, 0.29) is 24.9 Å². The summed E-state index contributed by atoms with van der Waals surface area (Å²) in [5.41, 5.74) is 2.04. The van der Waals surface area contributed by atoms with E-state index in [0.717, 1.165) is 5.56 Å². The lowest BCUT2D eigenvalue weighted by Crippen LogP contribution is -2.30. The van der Waals surface area contributed by atoms with E-state index < -0.39 is 12.0 Å². The van der Waals surface area contributed by atoms with E-state index in [1.54, 1.807) is 48.5 Å². The third-order valence-electron chi connectivity index (χ3n) is 5.48. The highest BCUT2D eigenvalue weighted by Crippen LogP contribution is 2.34. The average molecular weight is 427 g/mol. The van der Waals surface area contributed by atoms with Crippen LogP contribution in [0.25, 0.3) is 0 Å². The first-order valence-electron chi connectivity index (χ1n) is 10.2. The Labute approximate surface area is 185 Å². The number of hydrogen-bond acceptors (Lipinski definition) is 4. The van der Waals surface area contributed by atoms with Crippen molar-refractivity contribution in [2.75, 3.05) is 18.4 Å². The van der Waals surface area contributed by atoms with Gasteiger partial charge in [0.25, 0.3) is 0 Å². The van der Waals surface area contributed by atoms with Crippen molar-refractivity contribution in [1.82, 2.24) is 4.90 Å². The van der Waals surface area contributed by atoms with Crippen molar-refractivity contribution in [1.29, 1.82) is 5.26 Å². The highest BCUT2D eigenvalue weighted by Gasteiger charge is 2.40. The van der Waals surface area contributed by atoms with Crippen LogP contribution in [-0.2, 0) is 4.79 Å². The molecule has 2 N–H and O–H groups in total. The van der Waals surface area contributed by atoms with E-state index in [4.69, 9.17) is 10.00 Å². The van der Waals surface area contributed by atoms with Gasteiger partial charge in [-0.15, -0.1) is 0 Å². The molecule has 0 bridgehead atoms. The number of nitrogens with zero attached hydrogens (tertiary/aromatic N) is 2. The van der Waals surface area contributed by atoms with E-state index in [0.29, 0.717) is 22.7 Å². The van der Waals surface area contributed by atoms with Gasteiger partial charge in [-0.3, -0.25) is 4.79 Å². The molecule has 4 rings (SSSR count). The molecule has 160 valence electrons. The van der Waals surface area contributed by atoms with Crippen LogP contribution < -0.4 is 10.1 Å². The number of nitriles is 1. The molecule has 1 fully saturated rings. The molecule has 32 heavy (non-hydrogen) atoms. The lowest BCUT2D eigenvalue weighted by molar-refractivity contribution is -0.119. The maximum Gasteiger partial charge on any atom is 0.407 e. The molecule has 3 aromatic rings. The number of carbonyl (C=O) groups is 2. The molecule has 2 amide bonds. The fraction of sp³-hybridized carbons (Fsp3) is 0.160. The summed E-state index contributed by atoms with van der Waals surface area (Å²) in [4.78, 5) is 25.9. The van der Waals surface area contributed by atoms with Gasteiger partial charge in [-0.2, -0.15) is 5.26 Å². The fourth-order valence-electron chi connectivity index (χ4n) is 3.87. The molecule has 0 aliphatic carbocycles. The smallest absolute Gasteiger partial charge is 0.407 e. The molecule has 1 aliphatic heterocycles. The van der Waals surface area contributed by atoms with Crippen LogP contribution in [0.1, 0.15) is 17.0 Å². The molecule has 7 nitrogen and oxygen atoms in total. The summed E-state index contributed by atoms with van der Waals surface area (Å²) >= 11 is 0. The van der Waals surface area contributed by atoms with Gasteiger partial charge in [0.1, 0.15) is 11.5 Å². The summed E-state index contributed by atoms with van der Waals surface area (Å²) in [5, 5.41) is 21.2. The van der Waals surface area contributed by atoms with Gasteiger partial charge in [-0.25, -0.2) is 4.79 Å². The highest BCUT2D eigenvalue weighted by molar-refractivity contribution is 5.94. The number of ether oxygens (including phenoxy) is 1. The van der Waals surface area contributed by atoms with Gasteiger partial charge in [-0.1, -0.05) is 36.4 Å². The first-order valence-corrected chi connectivity index (χ1v) is 10.2. The van der Waals surface area contributed by atoms with Gasteiger partial charge < -0.3 is 20.1 Å². The molecule has 7 heteroatoms. The van der Waals surface area contributed by atoms with E-state index in [2.05, 4.69) is 11.4 Å². The van der Waals surface area contributed by atoms with Crippen LogP contribution in [0.3, 0.4) is 0 Å². The largest absolute Gasteiger partial charge is 0.465 e. The number of anilines is 1. The number of benzene rings is 3. The zero-order valence-corrected chi connectivity index (χ0v) is 17.1. The van der Waals surface area contributed by atoms with Crippen LogP contribution >= 0.6 is 0 Å². The van der Waals surface area contributed by atoms with Crippen molar-refractivity contribution in [2.45, 2.75) is 5.92 Å². The molecular formula is C25H21N3O4. The predicted molar refractivity (Wildman–Crippen MR) is 119 cm³/mol. The van der Waals surface area contributed by atoms with Crippen LogP contribution in [-0.4, -0.2) is 35.1 Å². The maximum atomic E-state index is 13.1. The maximum absolute atomic E-state index is 13.1. The summed E-state index contributed by atoms with van der Waals surface area (Å²) in [6.45, 7) is 0.418. The van der Waals surface area contributed by atoms with Crippen LogP contribution in [0.2, 0.25) is 0 Å². The molecule has 1 saturated heterocycles. The fourth-order valence-corrected chi connectivity index (χ4v) is 3.87. The number of carbonyl (C=O) groups excluding carboxylic acids is 1. The molecule has 0 saturated carbocycles. The number of nitrogens with one attached hydrogen (secondary N) is 1. The predicted octanol–water partition coefficient (Wildman–Crippen LogP) is 4.68. The van der Waals surface area contributed by atoms with Crippen molar-refractivity contribution < 1.29 is 19.4 Å². The molecular weight excluding hydrogens is 406 g/mol. The second-order valence-electron chi connectivity index (χ2n) is 7.57. The molecule has 3 aromatic carbocycles. The monoisotopic (exact) mass is 427 g/mol. The number of amides is 2. The summed E-state index contributed by atoms with van der Waals surface area (Å²) in [6, 6.07) is 25.3. The Morgan fingerprint density at radius 3 is 2.41 bits per heavy atom. The van der Waals surface area contributed by atoms with Gasteiger partial charge >= 0.3 is 6.09 Å². The lowest BCUT2D eigenvalue weighted by atomic mass is 9.88. The Hall–Kier alpha value is -4.31. The first-order chi connectivity index (χ1) is 15.5. The zero-order valence-electron chi connectivity index (χ0n) is 17.1. The number of carboxylic acid groups (broad SMARTS) is 1. The molecule has 2 atom stereocenters. The van der Waals surface area contributed by atoms with E-state index in [9.17, 15) is 14.7 Å². The van der Waals surface area contributed by atoms with E-state index >= 15 is 0 Å². The topological polar surface area (TPSA) is 103 Å². The van der Waals surface area contributed by atoms with Crippen molar-refractivity contribution in [3.63, 3.8) is 0 Å². The minimum Gasteiger partial charge on any atom is -0.465 e. The van der Waals surface area contributed by atoms with Crippen LogP contribution in [0.15, 0.2) is 78.9 Å². The standard InChI is InChI=1S/C25H21N3O4/c26-14-17-9-11-20(12-10-17)32-21-8-4-7-19(13-21)27-24(29)23-16-28(25(30)31)15-22(23)18-5-2-1-3-6-18/h1-13,22-23H,15-16H2,(H,27,29)(H,30,31). The van der Waals surface area contributed by atoms with Crippen LogP contribution in [0, 0.1) is 17.2 Å². The normalized spacial score (nSPS) is 17.4. The number of rotatable bonds is 5.